The Kier molecular flexibility index (Phi) is 6.13. The van der Waals surface area contributed by atoms with Crippen molar-refractivity contribution < 1.29 is 22.7 Å². The molecule has 0 bridgehead atoms. The Morgan fingerprint density at radius 1 is 1.03 bits per heavy atom. The van der Waals surface area contributed by atoms with Gasteiger partial charge in [-0.25, -0.2) is 14.2 Å². The Labute approximate surface area is 190 Å². The molecule has 4 aromatic rings. The average Bonchev–Trinajstić information content (AvgIpc) is 3.18. The van der Waals surface area contributed by atoms with Crippen molar-refractivity contribution in [3.8, 4) is 11.4 Å². The van der Waals surface area contributed by atoms with Crippen molar-refractivity contribution in [1.29, 1.82) is 0 Å². The van der Waals surface area contributed by atoms with Crippen LogP contribution in [-0.4, -0.2) is 30.4 Å². The number of hydrogen-bond donors (Lipinski definition) is 1. The minimum Gasteiger partial charge on any atom is -0.396 e. The summed E-state index contributed by atoms with van der Waals surface area (Å²) in [6.07, 6.45) is -4.43. The zero-order chi connectivity index (χ0) is 24.6. The van der Waals surface area contributed by atoms with E-state index >= 15 is 0 Å². The van der Waals surface area contributed by atoms with Gasteiger partial charge in [0, 0.05) is 32.3 Å². The van der Waals surface area contributed by atoms with Crippen LogP contribution in [0.15, 0.2) is 58.1 Å². The third-order valence-corrected chi connectivity index (χ3v) is 5.47. The highest BCUT2D eigenvalue weighted by molar-refractivity contribution is 5.77. The topological polar surface area (TPSA) is 82.0 Å². The number of halogens is 4. The van der Waals surface area contributed by atoms with Gasteiger partial charge in [-0.1, -0.05) is 24.3 Å². The molecule has 1 N–H and O–H groups in total. The summed E-state index contributed by atoms with van der Waals surface area (Å²) in [5, 5.41) is 9.14. The highest BCUT2D eigenvalue weighted by Crippen LogP contribution is 2.32. The zero-order valence-electron chi connectivity index (χ0n) is 18.0. The molecule has 34 heavy (non-hydrogen) atoms. The molecule has 0 fully saturated rings. The number of fused-ring (bicyclic) bond motifs is 1. The van der Waals surface area contributed by atoms with E-state index in [9.17, 15) is 27.2 Å². The molecule has 0 amide bonds. The Bertz CT molecular complexity index is 1470. The van der Waals surface area contributed by atoms with Gasteiger partial charge >= 0.3 is 11.9 Å². The second-order valence-electron chi connectivity index (χ2n) is 7.77. The Hall–Kier alpha value is -3.73. The van der Waals surface area contributed by atoms with Gasteiger partial charge in [-0.05, 0) is 36.2 Å². The fourth-order valence-corrected chi connectivity index (χ4v) is 3.78. The number of aromatic nitrogens is 4. The summed E-state index contributed by atoms with van der Waals surface area (Å²) in [4.78, 5) is 30.4. The van der Waals surface area contributed by atoms with Gasteiger partial charge < -0.3 is 9.67 Å². The van der Waals surface area contributed by atoms with E-state index in [1.54, 1.807) is 0 Å². The van der Waals surface area contributed by atoms with E-state index in [4.69, 9.17) is 5.11 Å². The highest BCUT2D eigenvalue weighted by atomic mass is 19.4. The first-order valence-corrected chi connectivity index (χ1v) is 10.3. The van der Waals surface area contributed by atoms with Gasteiger partial charge in [0.05, 0.1) is 5.56 Å². The van der Waals surface area contributed by atoms with Crippen LogP contribution >= 0.6 is 0 Å². The van der Waals surface area contributed by atoms with Gasteiger partial charge in [-0.3, -0.25) is 13.9 Å². The molecular formula is C23H20F4N4O3. The van der Waals surface area contributed by atoms with Crippen LogP contribution in [0.4, 0.5) is 17.6 Å². The lowest BCUT2D eigenvalue weighted by Crippen LogP contribution is -2.39. The molecule has 0 spiro atoms. The van der Waals surface area contributed by atoms with E-state index in [0.29, 0.717) is 5.56 Å². The van der Waals surface area contributed by atoms with Crippen molar-refractivity contribution in [2.75, 3.05) is 6.61 Å². The van der Waals surface area contributed by atoms with Gasteiger partial charge in [0.1, 0.15) is 11.6 Å². The molecule has 0 aliphatic carbocycles. The maximum absolute atomic E-state index is 13.4. The second-order valence-corrected chi connectivity index (χ2v) is 7.77. The van der Waals surface area contributed by atoms with Crippen molar-refractivity contribution in [1.82, 2.24) is 18.7 Å². The molecule has 0 atom stereocenters. The first kappa shape index (κ1) is 23.4. The fourth-order valence-electron chi connectivity index (χ4n) is 3.78. The van der Waals surface area contributed by atoms with Gasteiger partial charge in [0.25, 0.3) is 5.56 Å². The van der Waals surface area contributed by atoms with Crippen LogP contribution < -0.4 is 11.2 Å². The van der Waals surface area contributed by atoms with Gasteiger partial charge in [-0.15, -0.1) is 0 Å². The van der Waals surface area contributed by atoms with Crippen LogP contribution in [0.5, 0.6) is 0 Å². The monoisotopic (exact) mass is 476 g/mol. The molecule has 2 aromatic carbocycles. The summed E-state index contributed by atoms with van der Waals surface area (Å²) in [7, 11) is 1.41. The summed E-state index contributed by atoms with van der Waals surface area (Å²) in [6, 6.07) is 9.95. The largest absolute Gasteiger partial charge is 0.416 e. The van der Waals surface area contributed by atoms with Crippen LogP contribution in [0.3, 0.4) is 0 Å². The number of rotatable bonds is 6. The van der Waals surface area contributed by atoms with E-state index in [0.717, 1.165) is 21.3 Å². The predicted octanol–water partition coefficient (Wildman–Crippen LogP) is 3.15. The van der Waals surface area contributed by atoms with E-state index in [-0.39, 0.29) is 48.7 Å². The van der Waals surface area contributed by atoms with E-state index < -0.39 is 28.8 Å². The zero-order valence-corrected chi connectivity index (χ0v) is 18.0. The normalized spacial score (nSPS) is 11.9. The number of benzene rings is 2. The Balaban J connectivity index is 2.03. The van der Waals surface area contributed by atoms with E-state index in [2.05, 4.69) is 4.98 Å². The summed E-state index contributed by atoms with van der Waals surface area (Å²) in [6.45, 7) is -0.285. The summed E-state index contributed by atoms with van der Waals surface area (Å²) in [5.41, 5.74) is -1.54. The molecule has 0 saturated heterocycles. The molecule has 178 valence electrons. The van der Waals surface area contributed by atoms with Crippen LogP contribution in [-0.2, 0) is 26.3 Å². The predicted molar refractivity (Wildman–Crippen MR) is 117 cm³/mol. The lowest BCUT2D eigenvalue weighted by atomic mass is 10.1. The minimum absolute atomic E-state index is 0.00416. The maximum atomic E-state index is 13.4. The number of aliphatic hydroxyl groups is 1. The van der Waals surface area contributed by atoms with E-state index in [1.165, 1.54) is 48.0 Å². The molecule has 11 heteroatoms. The highest BCUT2D eigenvalue weighted by Gasteiger charge is 2.31. The van der Waals surface area contributed by atoms with Crippen LogP contribution in [0, 0.1) is 5.82 Å². The van der Waals surface area contributed by atoms with Gasteiger partial charge in [-0.2, -0.15) is 13.2 Å². The third-order valence-electron chi connectivity index (χ3n) is 5.47. The molecule has 2 heterocycles. The van der Waals surface area contributed by atoms with Crippen molar-refractivity contribution in [3.63, 3.8) is 0 Å². The Morgan fingerprint density at radius 3 is 2.38 bits per heavy atom. The summed E-state index contributed by atoms with van der Waals surface area (Å²) < 4.78 is 57.0. The molecule has 0 unspecified atom stereocenters. The van der Waals surface area contributed by atoms with Crippen LogP contribution in [0.2, 0.25) is 0 Å². The quantitative estimate of drug-likeness (QED) is 0.434. The number of imidazole rings is 1. The van der Waals surface area contributed by atoms with Crippen molar-refractivity contribution in [2.24, 2.45) is 7.05 Å². The van der Waals surface area contributed by atoms with Crippen LogP contribution in [0.1, 0.15) is 17.5 Å². The number of aryl methyl sites for hydroxylation is 1. The SMILES string of the molecule is Cn1c(=O)n(CCCO)c(=O)c2c1nc(-c1cccc(C(F)(F)F)c1)n2Cc1ccc(F)cc1. The molecule has 7 nitrogen and oxygen atoms in total. The van der Waals surface area contributed by atoms with Crippen LogP contribution in [0.25, 0.3) is 22.6 Å². The molecule has 0 aliphatic heterocycles. The van der Waals surface area contributed by atoms with E-state index in [1.807, 2.05) is 0 Å². The molecule has 0 radical (unpaired) electrons. The lowest BCUT2D eigenvalue weighted by molar-refractivity contribution is -0.137. The Morgan fingerprint density at radius 2 is 1.74 bits per heavy atom. The molecular weight excluding hydrogens is 456 g/mol. The first-order chi connectivity index (χ1) is 16.1. The second kappa shape index (κ2) is 8.90. The first-order valence-electron chi connectivity index (χ1n) is 10.3. The number of nitrogens with zero attached hydrogens (tertiary/aromatic N) is 4. The average molecular weight is 476 g/mol. The number of aliphatic hydroxyl groups excluding tert-OH is 1. The van der Waals surface area contributed by atoms with Crippen molar-refractivity contribution in [3.05, 3.63) is 86.3 Å². The summed E-state index contributed by atoms with van der Waals surface area (Å²) in [5.74, 6) is -0.413. The molecule has 0 saturated carbocycles. The third kappa shape index (κ3) is 4.26. The maximum Gasteiger partial charge on any atom is 0.416 e. The summed E-state index contributed by atoms with van der Waals surface area (Å²) >= 11 is 0. The standard InChI is InChI=1S/C23H20F4N4O3/c1-29-20-18(21(33)30(22(29)34)10-3-11-32)31(13-14-6-8-17(24)9-7-14)19(28-20)15-4-2-5-16(12-15)23(25,26)27/h2,4-9,12,32H,3,10-11,13H2,1H3. The lowest BCUT2D eigenvalue weighted by Gasteiger charge is -2.12. The van der Waals surface area contributed by atoms with Crippen molar-refractivity contribution in [2.45, 2.75) is 25.7 Å². The van der Waals surface area contributed by atoms with Gasteiger partial charge in [0.15, 0.2) is 11.2 Å². The number of hydrogen-bond acceptors (Lipinski definition) is 4. The van der Waals surface area contributed by atoms with Crippen molar-refractivity contribution >= 4 is 11.2 Å². The molecule has 2 aromatic heterocycles. The molecule has 0 aliphatic rings. The number of alkyl halides is 3. The fraction of sp³-hybridized carbons (Fsp3) is 0.261. The molecule has 4 rings (SSSR count). The minimum atomic E-state index is -4.59. The smallest absolute Gasteiger partial charge is 0.396 e. The van der Waals surface area contributed by atoms with Gasteiger partial charge in [0.2, 0.25) is 0 Å².